The van der Waals surface area contributed by atoms with Crippen LogP contribution in [0.2, 0.25) is 0 Å². The van der Waals surface area contributed by atoms with Crippen LogP contribution in [0.25, 0.3) is 0 Å². The first-order valence-corrected chi connectivity index (χ1v) is 19.2. The summed E-state index contributed by atoms with van der Waals surface area (Å²) in [6, 6.07) is 0. The van der Waals surface area contributed by atoms with Crippen LogP contribution in [-0.4, -0.2) is 133 Å². The Morgan fingerprint density at radius 2 is 0.484 bits per heavy atom. The molecule has 4 aromatic rings. The highest BCUT2D eigenvalue weighted by atomic mass is 19.1. The molecule has 1 aliphatic heterocycles. The Hall–Kier alpha value is -7.40. The predicted molar refractivity (Wildman–Crippen MR) is 205 cm³/mol. The van der Waals surface area contributed by atoms with Crippen LogP contribution in [0.3, 0.4) is 0 Å². The molecule has 0 aromatic carbocycles. The van der Waals surface area contributed by atoms with Gasteiger partial charge in [-0.25, -0.2) is 36.7 Å². The Morgan fingerprint density at radius 1 is 0.328 bits per heavy atom. The molecule has 0 spiro atoms. The van der Waals surface area contributed by atoms with Gasteiger partial charge in [0.15, 0.2) is 0 Å². The van der Waals surface area contributed by atoms with Gasteiger partial charge in [-0.1, -0.05) is 0 Å². The zero-order valence-electron chi connectivity index (χ0n) is 33.2. The molecule has 0 saturated heterocycles. The molecule has 5 rings (SSSR count). The zero-order chi connectivity index (χ0) is 47.5. The number of aliphatic carboxylic acids is 8. The smallest absolute Gasteiger partial charge is 0.338 e. The van der Waals surface area contributed by atoms with Gasteiger partial charge >= 0.3 is 47.8 Å². The van der Waals surface area contributed by atoms with E-state index in [2.05, 4.69) is 19.9 Å². The molecule has 0 fully saturated rings. The van der Waals surface area contributed by atoms with Crippen molar-refractivity contribution in [3.05, 3.63) is 90.1 Å². The number of nitrogens with one attached hydrogen (secondary N) is 4. The number of carboxylic acids is 8. The number of carbonyl (C=O) groups is 8. The molecular formula is C40H40F4N4O16. The molecule has 4 aromatic heterocycles. The second-order valence-corrected chi connectivity index (χ2v) is 15.2. The number of aromatic nitrogens is 4. The standard InChI is InChI=1S/C40H40F4N4O16/c41-21(37(57)58)1-13-17(5-33(49)50)29-10-26-15(3-23(43)39(61)62)19(7-35(53)54)31(47-26)12-28-16(4-24(44)40(63)64)20(8-36(55)56)32(48-28)11-27-14(2-22(42)38(59)60)18(6-34(51)52)30(46-27)9-25(13)45-29/h21-24,45-48H,1-12H2,(H,49,50)(H,51,52)(H,53,54)(H,55,56)(H,57,58)(H,59,60)(H,61,62)(H,63,64). The quantitative estimate of drug-likeness (QED) is 0.0497. The molecule has 4 unspecified atom stereocenters. The van der Waals surface area contributed by atoms with Gasteiger partial charge in [-0.2, -0.15) is 0 Å². The van der Waals surface area contributed by atoms with Crippen molar-refractivity contribution in [3.63, 3.8) is 0 Å². The number of hydrogen-bond donors (Lipinski definition) is 12. The van der Waals surface area contributed by atoms with Crippen molar-refractivity contribution in [2.75, 3.05) is 0 Å². The van der Waals surface area contributed by atoms with Crippen molar-refractivity contribution in [2.24, 2.45) is 0 Å². The minimum Gasteiger partial charge on any atom is -0.481 e. The Balaban J connectivity index is 1.96. The SMILES string of the molecule is O=C(O)Cc1c2[nH]c(c1CC(F)C(=O)O)Cc1[nH]c(c(CC(F)C(=O)O)c1CC(=O)O)Cc1[nH]c(c(CC(F)C(=O)O)c1CC(=O)O)Cc1[nH]c(c(CC(F)C(=O)O)c1CC(=O)O)C2. The topological polar surface area (TPSA) is 362 Å². The van der Waals surface area contributed by atoms with Crippen molar-refractivity contribution in [1.29, 1.82) is 0 Å². The molecule has 12 N–H and O–H groups in total. The third-order valence-electron chi connectivity index (χ3n) is 10.9. The highest BCUT2D eigenvalue weighted by Gasteiger charge is 2.34. The van der Waals surface area contributed by atoms with Crippen molar-refractivity contribution in [2.45, 2.75) is 102 Å². The number of fused-ring (bicyclic) bond motifs is 8. The molecule has 8 bridgehead atoms. The summed E-state index contributed by atoms with van der Waals surface area (Å²) in [7, 11) is 0. The van der Waals surface area contributed by atoms with E-state index in [1.807, 2.05) is 0 Å². The number of halogens is 4. The van der Waals surface area contributed by atoms with Gasteiger partial charge in [-0.05, 0) is 44.5 Å². The highest BCUT2D eigenvalue weighted by Crippen LogP contribution is 2.36. The first-order chi connectivity index (χ1) is 29.9. The Morgan fingerprint density at radius 3 is 0.625 bits per heavy atom. The number of carboxylic acid groups (broad SMARTS) is 8. The fourth-order valence-corrected chi connectivity index (χ4v) is 8.21. The summed E-state index contributed by atoms with van der Waals surface area (Å²) in [5.74, 6) is -14.0. The van der Waals surface area contributed by atoms with Crippen molar-refractivity contribution < 1.29 is 96.8 Å². The largest absolute Gasteiger partial charge is 0.481 e. The van der Waals surface area contributed by atoms with Crippen LogP contribution >= 0.6 is 0 Å². The van der Waals surface area contributed by atoms with E-state index >= 15 is 17.6 Å². The lowest BCUT2D eigenvalue weighted by Gasteiger charge is -2.11. The van der Waals surface area contributed by atoms with E-state index < -0.39 is 149 Å². The highest BCUT2D eigenvalue weighted by molar-refractivity contribution is 5.78. The van der Waals surface area contributed by atoms with E-state index in [4.69, 9.17) is 0 Å². The maximum Gasteiger partial charge on any atom is 0.338 e. The monoisotopic (exact) mass is 908 g/mol. The minimum absolute atomic E-state index is 0.131. The van der Waals surface area contributed by atoms with E-state index in [-0.39, 0.29) is 90.1 Å². The number of alkyl halides is 4. The van der Waals surface area contributed by atoms with Crippen LogP contribution in [0.5, 0.6) is 0 Å². The molecule has 344 valence electrons. The molecule has 5 heterocycles. The van der Waals surface area contributed by atoms with E-state index in [9.17, 15) is 79.2 Å². The van der Waals surface area contributed by atoms with E-state index in [1.165, 1.54) is 0 Å². The Bertz CT molecular complexity index is 2210. The normalized spacial score (nSPS) is 14.3. The minimum atomic E-state index is -2.67. The lowest BCUT2D eigenvalue weighted by molar-refractivity contribution is -0.143. The van der Waals surface area contributed by atoms with E-state index in [1.54, 1.807) is 0 Å². The summed E-state index contributed by atoms with van der Waals surface area (Å²) in [5.41, 5.74) is -3.03. The second-order valence-electron chi connectivity index (χ2n) is 15.2. The molecule has 4 atom stereocenters. The van der Waals surface area contributed by atoms with Crippen LogP contribution < -0.4 is 0 Å². The second kappa shape index (κ2) is 19.3. The fourth-order valence-electron chi connectivity index (χ4n) is 8.21. The average Bonchev–Trinajstić information content (AvgIpc) is 3.86. The van der Waals surface area contributed by atoms with Gasteiger partial charge in [0.05, 0.1) is 25.7 Å². The van der Waals surface area contributed by atoms with Crippen LogP contribution in [0.15, 0.2) is 0 Å². The molecule has 0 radical (unpaired) electrons. The van der Waals surface area contributed by atoms with E-state index in [0.29, 0.717) is 0 Å². The lowest BCUT2D eigenvalue weighted by Crippen LogP contribution is -2.20. The maximum absolute atomic E-state index is 15.2. The average molecular weight is 909 g/mol. The molecule has 1 aliphatic rings. The van der Waals surface area contributed by atoms with Crippen molar-refractivity contribution >= 4 is 47.8 Å². The summed E-state index contributed by atoms with van der Waals surface area (Å²) >= 11 is 0. The molecule has 0 saturated carbocycles. The number of aromatic amines is 4. The van der Waals surface area contributed by atoms with Crippen LogP contribution in [-0.2, 0) is 115 Å². The van der Waals surface area contributed by atoms with Crippen molar-refractivity contribution in [3.8, 4) is 0 Å². The van der Waals surface area contributed by atoms with Crippen molar-refractivity contribution in [1.82, 2.24) is 19.9 Å². The van der Waals surface area contributed by atoms with Gasteiger partial charge in [-0.15, -0.1) is 0 Å². The van der Waals surface area contributed by atoms with Crippen LogP contribution in [0.1, 0.15) is 90.1 Å². The van der Waals surface area contributed by atoms with Gasteiger partial charge in [0.2, 0.25) is 24.7 Å². The maximum atomic E-state index is 15.2. The molecule has 20 nitrogen and oxygen atoms in total. The molecule has 0 amide bonds. The summed E-state index contributed by atoms with van der Waals surface area (Å²) in [4.78, 5) is 108. The molecular weight excluding hydrogens is 868 g/mol. The molecule has 24 heteroatoms. The van der Waals surface area contributed by atoms with Gasteiger partial charge in [0.1, 0.15) is 0 Å². The van der Waals surface area contributed by atoms with Gasteiger partial charge in [0, 0.05) is 96.9 Å². The summed E-state index contributed by atoms with van der Waals surface area (Å²) in [6.07, 6.45) is -20.7. The Kier molecular flexibility index (Phi) is 14.4. The number of H-pyrrole nitrogens is 4. The molecule has 0 aliphatic carbocycles. The zero-order valence-corrected chi connectivity index (χ0v) is 33.2. The van der Waals surface area contributed by atoms with Gasteiger partial charge < -0.3 is 60.8 Å². The first kappa shape index (κ1) is 47.6. The summed E-state index contributed by atoms with van der Waals surface area (Å²) in [6.45, 7) is 0. The van der Waals surface area contributed by atoms with Crippen LogP contribution in [0, 0.1) is 0 Å². The van der Waals surface area contributed by atoms with Gasteiger partial charge in [-0.3, -0.25) is 19.2 Å². The summed E-state index contributed by atoms with van der Waals surface area (Å²) < 4.78 is 60.8. The first-order valence-electron chi connectivity index (χ1n) is 19.2. The lowest BCUT2D eigenvalue weighted by atomic mass is 9.92. The number of rotatable bonds is 20. The fraction of sp³-hybridized carbons (Fsp3) is 0.400. The predicted octanol–water partition coefficient (Wildman–Crippen LogP) is 2.04. The number of hydrogen-bond acceptors (Lipinski definition) is 8. The van der Waals surface area contributed by atoms with E-state index in [0.717, 1.165) is 0 Å². The Labute approximate surface area is 356 Å². The summed E-state index contributed by atoms with van der Waals surface area (Å²) in [5, 5.41) is 78.2. The third-order valence-corrected chi connectivity index (χ3v) is 10.9. The van der Waals surface area contributed by atoms with Gasteiger partial charge in [0.25, 0.3) is 0 Å². The van der Waals surface area contributed by atoms with Crippen LogP contribution in [0.4, 0.5) is 17.6 Å². The third kappa shape index (κ3) is 10.8. The molecule has 64 heavy (non-hydrogen) atoms.